The minimum atomic E-state index is -0.720. The van der Waals surface area contributed by atoms with Gasteiger partial charge in [-0.1, -0.05) is 40.2 Å². The van der Waals surface area contributed by atoms with Crippen LogP contribution in [0.4, 0.5) is 0 Å². The fourth-order valence-corrected chi connectivity index (χ4v) is 2.74. The number of carbonyl (C=O) groups is 4. The smallest absolute Gasteiger partial charge is 0.323 e. The van der Waals surface area contributed by atoms with Gasteiger partial charge in [0, 0.05) is 25.8 Å². The number of ether oxygens (including phenoxy) is 4. The van der Waals surface area contributed by atoms with Gasteiger partial charge in [0.25, 0.3) is 0 Å². The van der Waals surface area contributed by atoms with Gasteiger partial charge >= 0.3 is 23.9 Å². The van der Waals surface area contributed by atoms with Crippen LogP contribution in [0.5, 0.6) is 11.5 Å². The topological polar surface area (TPSA) is 117 Å². The minimum absolute atomic E-state index is 0.101. The Bertz CT molecular complexity index is 808. The normalized spacial score (nSPS) is 12.4. The van der Waals surface area contributed by atoms with Crippen molar-refractivity contribution in [3.05, 3.63) is 23.8 Å². The van der Waals surface area contributed by atoms with Gasteiger partial charge in [-0.25, -0.2) is 0 Å². The highest BCUT2D eigenvalue weighted by atomic mass is 16.6. The highest BCUT2D eigenvalue weighted by molar-refractivity contribution is 5.77. The molecule has 0 bridgehead atoms. The molecule has 0 saturated carbocycles. The molecule has 9 heteroatoms. The van der Waals surface area contributed by atoms with E-state index in [-0.39, 0.29) is 55.8 Å². The van der Waals surface area contributed by atoms with Gasteiger partial charge in [-0.05, 0) is 30.0 Å². The van der Waals surface area contributed by atoms with E-state index in [0.29, 0.717) is 12.0 Å². The van der Waals surface area contributed by atoms with Gasteiger partial charge in [0.1, 0.15) is 12.6 Å². The van der Waals surface area contributed by atoms with E-state index in [0.717, 1.165) is 6.42 Å². The fraction of sp³-hybridized carbons (Fsp3) is 0.583. The first-order chi connectivity index (χ1) is 15.7. The summed E-state index contributed by atoms with van der Waals surface area (Å²) in [6.07, 6.45) is 1.77. The van der Waals surface area contributed by atoms with Crippen LogP contribution in [-0.4, -0.2) is 50.2 Å². The molecule has 0 aromatic heterocycles. The molecule has 0 spiro atoms. The first-order valence-corrected chi connectivity index (χ1v) is 11.2. The maximum atomic E-state index is 12.2. The number of esters is 4. The SMILES string of the molecule is CCC(=O)Oc1ccc(C[C@H](NCCOC(=O)CC(C)CC)C(=O)OC)cc1OC(=O)CC. The second-order valence-corrected chi connectivity index (χ2v) is 7.61. The summed E-state index contributed by atoms with van der Waals surface area (Å²) in [6.45, 7) is 7.67. The maximum absolute atomic E-state index is 12.2. The molecule has 0 radical (unpaired) electrons. The molecule has 0 heterocycles. The van der Waals surface area contributed by atoms with Crippen LogP contribution in [0.2, 0.25) is 0 Å². The molecular weight excluding hydrogens is 430 g/mol. The second-order valence-electron chi connectivity index (χ2n) is 7.61. The number of nitrogens with one attached hydrogen (secondary N) is 1. The zero-order valence-corrected chi connectivity index (χ0v) is 20.1. The monoisotopic (exact) mass is 465 g/mol. The Morgan fingerprint density at radius 3 is 2.15 bits per heavy atom. The molecular formula is C24H35NO8. The lowest BCUT2D eigenvalue weighted by Gasteiger charge is -2.18. The summed E-state index contributed by atoms with van der Waals surface area (Å²) in [5.41, 5.74) is 0.655. The Morgan fingerprint density at radius 1 is 0.939 bits per heavy atom. The average molecular weight is 466 g/mol. The van der Waals surface area contributed by atoms with E-state index in [4.69, 9.17) is 18.9 Å². The molecule has 0 fully saturated rings. The lowest BCUT2D eigenvalue weighted by Crippen LogP contribution is -2.41. The van der Waals surface area contributed by atoms with Crippen molar-refractivity contribution in [2.45, 2.75) is 65.8 Å². The fourth-order valence-electron chi connectivity index (χ4n) is 2.74. The predicted molar refractivity (Wildman–Crippen MR) is 121 cm³/mol. The van der Waals surface area contributed by atoms with Crippen LogP contribution in [0.25, 0.3) is 0 Å². The molecule has 2 atom stereocenters. The molecule has 1 N–H and O–H groups in total. The Morgan fingerprint density at radius 2 is 1.58 bits per heavy atom. The summed E-state index contributed by atoms with van der Waals surface area (Å²) < 4.78 is 20.6. The highest BCUT2D eigenvalue weighted by Gasteiger charge is 2.21. The number of hydrogen-bond donors (Lipinski definition) is 1. The van der Waals surface area contributed by atoms with Crippen molar-refractivity contribution in [1.82, 2.24) is 5.32 Å². The van der Waals surface area contributed by atoms with Crippen molar-refractivity contribution in [2.24, 2.45) is 5.92 Å². The van der Waals surface area contributed by atoms with Crippen molar-refractivity contribution in [3.63, 3.8) is 0 Å². The van der Waals surface area contributed by atoms with E-state index < -0.39 is 23.9 Å². The van der Waals surface area contributed by atoms with Gasteiger partial charge in [-0.2, -0.15) is 0 Å². The van der Waals surface area contributed by atoms with E-state index in [1.807, 2.05) is 13.8 Å². The van der Waals surface area contributed by atoms with Crippen molar-refractivity contribution in [3.8, 4) is 11.5 Å². The summed E-state index contributed by atoms with van der Waals surface area (Å²) in [4.78, 5) is 47.5. The van der Waals surface area contributed by atoms with Crippen LogP contribution >= 0.6 is 0 Å². The summed E-state index contributed by atoms with van der Waals surface area (Å²) >= 11 is 0. The highest BCUT2D eigenvalue weighted by Crippen LogP contribution is 2.30. The van der Waals surface area contributed by atoms with E-state index in [1.54, 1.807) is 26.0 Å². The summed E-state index contributed by atoms with van der Waals surface area (Å²) in [6, 6.07) is 4.02. The lowest BCUT2D eigenvalue weighted by atomic mass is 10.0. The Kier molecular flexibility index (Phi) is 12.8. The summed E-state index contributed by atoms with van der Waals surface area (Å²) in [7, 11) is 1.28. The molecule has 9 nitrogen and oxygen atoms in total. The van der Waals surface area contributed by atoms with E-state index in [9.17, 15) is 19.2 Å². The predicted octanol–water partition coefficient (Wildman–Crippen LogP) is 2.97. The standard InChI is InChI=1S/C24H35NO8/c1-6-16(4)13-23(28)31-12-11-25-18(24(29)30-5)14-17-9-10-19(32-21(26)7-2)20(15-17)33-22(27)8-3/h9-10,15-16,18,25H,6-8,11-14H2,1-5H3/t16?,18-/m0/s1. The zero-order chi connectivity index (χ0) is 24.8. The summed E-state index contributed by atoms with van der Waals surface area (Å²) in [5.74, 6) is -1.23. The van der Waals surface area contributed by atoms with Crippen molar-refractivity contribution >= 4 is 23.9 Å². The third kappa shape index (κ3) is 10.5. The quantitative estimate of drug-likeness (QED) is 0.251. The van der Waals surface area contributed by atoms with Crippen molar-refractivity contribution in [1.29, 1.82) is 0 Å². The van der Waals surface area contributed by atoms with Crippen LogP contribution in [-0.2, 0) is 35.1 Å². The minimum Gasteiger partial charge on any atom is -0.468 e. The average Bonchev–Trinajstić information content (AvgIpc) is 2.81. The zero-order valence-electron chi connectivity index (χ0n) is 20.1. The van der Waals surface area contributed by atoms with Gasteiger partial charge in [0.05, 0.1) is 7.11 Å². The van der Waals surface area contributed by atoms with Gasteiger partial charge in [-0.3, -0.25) is 19.2 Å². The molecule has 0 saturated heterocycles. The largest absolute Gasteiger partial charge is 0.468 e. The Balaban J connectivity index is 2.85. The molecule has 1 rings (SSSR count). The van der Waals surface area contributed by atoms with Crippen LogP contribution in [0, 0.1) is 5.92 Å². The van der Waals surface area contributed by atoms with E-state index >= 15 is 0 Å². The molecule has 0 aliphatic carbocycles. The van der Waals surface area contributed by atoms with Crippen LogP contribution in [0.3, 0.4) is 0 Å². The number of methoxy groups -OCH3 is 1. The van der Waals surface area contributed by atoms with E-state index in [1.165, 1.54) is 13.2 Å². The summed E-state index contributed by atoms with van der Waals surface area (Å²) in [5, 5.41) is 3.02. The second kappa shape index (κ2) is 15.0. The van der Waals surface area contributed by atoms with E-state index in [2.05, 4.69) is 5.32 Å². The number of benzene rings is 1. The molecule has 0 aliphatic rings. The van der Waals surface area contributed by atoms with Crippen LogP contribution in [0.1, 0.15) is 58.9 Å². The van der Waals surface area contributed by atoms with Gasteiger partial charge < -0.3 is 24.3 Å². The maximum Gasteiger partial charge on any atom is 0.323 e. The van der Waals surface area contributed by atoms with Crippen LogP contribution in [0.15, 0.2) is 18.2 Å². The molecule has 0 amide bonds. The Hall–Kier alpha value is -2.94. The number of hydrogen-bond acceptors (Lipinski definition) is 9. The van der Waals surface area contributed by atoms with Crippen molar-refractivity contribution < 1.29 is 38.1 Å². The lowest BCUT2D eigenvalue weighted by molar-refractivity contribution is -0.145. The number of carbonyl (C=O) groups excluding carboxylic acids is 4. The molecule has 184 valence electrons. The molecule has 1 aromatic rings. The molecule has 1 aromatic carbocycles. The molecule has 1 unspecified atom stereocenters. The van der Waals surface area contributed by atoms with Gasteiger partial charge in [0.15, 0.2) is 11.5 Å². The first-order valence-electron chi connectivity index (χ1n) is 11.2. The number of rotatable bonds is 14. The van der Waals surface area contributed by atoms with Gasteiger partial charge in [-0.15, -0.1) is 0 Å². The van der Waals surface area contributed by atoms with Crippen LogP contribution < -0.4 is 14.8 Å². The molecule has 0 aliphatic heterocycles. The first kappa shape index (κ1) is 28.1. The third-order valence-electron chi connectivity index (χ3n) is 4.93. The van der Waals surface area contributed by atoms with Crippen molar-refractivity contribution in [2.75, 3.05) is 20.3 Å². The third-order valence-corrected chi connectivity index (χ3v) is 4.93. The Labute approximate surface area is 195 Å². The van der Waals surface area contributed by atoms with Gasteiger partial charge in [0.2, 0.25) is 0 Å². The molecule has 33 heavy (non-hydrogen) atoms.